The van der Waals surface area contributed by atoms with E-state index in [-0.39, 0.29) is 63.6 Å². The third-order valence-electron chi connectivity index (χ3n) is 13.9. The predicted octanol–water partition coefficient (Wildman–Crippen LogP) is 5.96. The molecule has 0 bridgehead atoms. The first kappa shape index (κ1) is 56.9. The van der Waals surface area contributed by atoms with Gasteiger partial charge in [0.1, 0.15) is 42.1 Å². The number of ether oxygens (including phenoxy) is 2. The van der Waals surface area contributed by atoms with Crippen LogP contribution < -0.4 is 36.6 Å². The van der Waals surface area contributed by atoms with Crippen LogP contribution in [0.3, 0.4) is 0 Å². The second kappa shape index (κ2) is 24.9. The van der Waals surface area contributed by atoms with Gasteiger partial charge in [-0.3, -0.25) is 33.7 Å². The van der Waals surface area contributed by atoms with Crippen LogP contribution in [0.25, 0.3) is 10.4 Å². The number of aromatic nitrogens is 1. The molecule has 7 amide bonds. The summed E-state index contributed by atoms with van der Waals surface area (Å²) in [7, 11) is 0. The van der Waals surface area contributed by atoms with E-state index in [9.17, 15) is 38.7 Å². The Hall–Kier alpha value is -6.86. The van der Waals surface area contributed by atoms with Gasteiger partial charge in [-0.2, -0.15) is 0 Å². The molecule has 0 radical (unpaired) electrons. The Morgan fingerprint density at radius 1 is 0.868 bits per heavy atom. The number of rotatable bonds is 21. The van der Waals surface area contributed by atoms with Crippen molar-refractivity contribution in [3.8, 4) is 16.2 Å². The number of primary amides is 1. The van der Waals surface area contributed by atoms with E-state index in [0.29, 0.717) is 30.7 Å². The van der Waals surface area contributed by atoms with Crippen molar-refractivity contribution in [1.29, 1.82) is 0 Å². The zero-order chi connectivity index (χ0) is 54.9. The molecule has 3 aliphatic heterocycles. The summed E-state index contributed by atoms with van der Waals surface area (Å²) in [5.74, 6) is -1.84. The number of aryl methyl sites for hydroxylation is 3. The van der Waals surface area contributed by atoms with Crippen LogP contribution in [0.15, 0.2) is 72.2 Å². The number of β-amino-alcohol motifs (C(OH)–C–C–N with tert-alkyl or cyclic N) is 1. The molecule has 0 spiro atoms. The summed E-state index contributed by atoms with van der Waals surface area (Å²) in [6.45, 7) is 13.0. The number of aliphatic hydroxyl groups excluding tert-OH is 1. The molecule has 76 heavy (non-hydrogen) atoms. The number of nitrogens with two attached hydrogens (primary N) is 1. The van der Waals surface area contributed by atoms with Crippen LogP contribution in [-0.4, -0.2) is 112 Å². The molecule has 1 saturated heterocycles. The lowest BCUT2D eigenvalue weighted by atomic mass is 9.85. The van der Waals surface area contributed by atoms with Gasteiger partial charge >= 0.3 is 6.09 Å². The highest BCUT2D eigenvalue weighted by Crippen LogP contribution is 2.39. The summed E-state index contributed by atoms with van der Waals surface area (Å²) in [6.07, 6.45) is 2.96. The Bertz CT molecular complexity index is 2730. The van der Waals surface area contributed by atoms with Crippen molar-refractivity contribution in [2.45, 2.75) is 168 Å². The van der Waals surface area contributed by atoms with E-state index < -0.39 is 77.1 Å². The molecule has 7 N–H and O–H groups in total. The second-order valence-electron chi connectivity index (χ2n) is 22.3. The minimum atomic E-state index is -0.915. The van der Waals surface area contributed by atoms with Crippen LogP contribution in [0, 0.1) is 12.3 Å². The quantitative estimate of drug-likeness (QED) is 0.0532. The first-order valence-corrected chi connectivity index (χ1v) is 27.2. The number of hydrogen-bond donors (Lipinski definition) is 6. The predicted molar refractivity (Wildman–Crippen MR) is 289 cm³/mol. The van der Waals surface area contributed by atoms with Gasteiger partial charge in [-0.1, -0.05) is 81.8 Å². The highest BCUT2D eigenvalue weighted by molar-refractivity contribution is 7.13. The normalized spacial score (nSPS) is 19.0. The maximum atomic E-state index is 14.1. The molecule has 1 fully saturated rings. The Morgan fingerprint density at radius 3 is 2.25 bits per heavy atom. The van der Waals surface area contributed by atoms with E-state index in [1.54, 1.807) is 32.1 Å². The van der Waals surface area contributed by atoms with Gasteiger partial charge in [0.25, 0.3) is 0 Å². The van der Waals surface area contributed by atoms with Gasteiger partial charge in [0.2, 0.25) is 35.4 Å². The highest BCUT2D eigenvalue weighted by Gasteiger charge is 2.46. The van der Waals surface area contributed by atoms with Gasteiger partial charge < -0.3 is 46.5 Å². The Balaban J connectivity index is 0.860. The summed E-state index contributed by atoms with van der Waals surface area (Å²) in [5, 5.41) is 22.3. The number of benzene rings is 3. The first-order valence-electron chi connectivity index (χ1n) is 26.3. The monoisotopic (exact) mass is 1060 g/mol. The van der Waals surface area contributed by atoms with Crippen LogP contribution in [0.4, 0.5) is 10.5 Å². The van der Waals surface area contributed by atoms with Crippen LogP contribution >= 0.6 is 11.3 Å². The summed E-state index contributed by atoms with van der Waals surface area (Å²) in [4.78, 5) is 102. The average Bonchev–Trinajstić information content (AvgIpc) is 4.10. The molecular formula is C57H74N8O10S. The van der Waals surface area contributed by atoms with Crippen molar-refractivity contribution < 1.29 is 48.1 Å². The number of hydrogen-bond acceptors (Lipinski definition) is 12. The lowest BCUT2D eigenvalue weighted by Gasteiger charge is -2.35. The van der Waals surface area contributed by atoms with Crippen LogP contribution in [0.5, 0.6) is 5.75 Å². The lowest BCUT2D eigenvalue weighted by Crippen LogP contribution is -2.57. The van der Waals surface area contributed by atoms with Crippen LogP contribution in [-0.2, 0) is 59.3 Å². The molecule has 3 aromatic carbocycles. The molecule has 3 aliphatic rings. The van der Waals surface area contributed by atoms with Crippen LogP contribution in [0.2, 0.25) is 0 Å². The fraction of sp³-hybridized carbons (Fsp3) is 0.509. The van der Waals surface area contributed by atoms with E-state index in [1.807, 2.05) is 99.9 Å². The average molecular weight is 1060 g/mol. The van der Waals surface area contributed by atoms with Crippen molar-refractivity contribution in [2.75, 3.05) is 18.1 Å². The van der Waals surface area contributed by atoms with Gasteiger partial charge in [-0.05, 0) is 112 Å². The minimum absolute atomic E-state index is 0.000637. The smallest absolute Gasteiger partial charge is 0.408 e. The number of thiazole rings is 1. The van der Waals surface area contributed by atoms with Gasteiger partial charge in [-0.15, -0.1) is 11.3 Å². The van der Waals surface area contributed by atoms with Crippen molar-refractivity contribution in [1.82, 2.24) is 31.2 Å². The molecule has 408 valence electrons. The number of carbonyl (C=O) groups is 7. The number of likely N-dealkylation sites (tertiary alicyclic amines) is 1. The molecule has 4 aromatic rings. The fourth-order valence-corrected chi connectivity index (χ4v) is 10.8. The minimum Gasteiger partial charge on any atom is -0.491 e. The molecule has 6 atom stereocenters. The standard InChI is InChI=1S/C57H74N8O10S/c1-34-49(76-33-60-34)38-20-16-36(17-21-38)30-59-51(69)44-29-41(66)31-64(44)54(72)50(56(2,3)4)63-47(68)15-10-8-9-12-35-18-24-42(25-19-35)74-32-40(23-27-46(58)67)61-52(70)45-28-39-14-11-13-37-22-26-43(53(71)65(45)48(37)39)62-55(73)75-57(5,6)7/h11,13-14,16-21,24-25,33,40-41,43-45,50,66H,8-10,12,15,22-23,26-32H2,1-7H3,(H2,58,67)(H,59,69)(H,61,70)(H,62,73)(H,63,68)/t40-,41+,43-,44-,45-,50+/m0/s1. The number of alkyl carbamates (subject to hydrolysis) is 1. The molecule has 19 heteroatoms. The third-order valence-corrected chi connectivity index (χ3v) is 14.9. The topological polar surface area (TPSA) is 252 Å². The van der Waals surface area contributed by atoms with Gasteiger partial charge in [-0.25, -0.2) is 9.78 Å². The number of amides is 7. The maximum absolute atomic E-state index is 14.1. The Labute approximate surface area is 449 Å². The van der Waals surface area contributed by atoms with E-state index in [2.05, 4.69) is 26.3 Å². The Morgan fingerprint density at radius 2 is 1.58 bits per heavy atom. The number of unbranched alkanes of at least 4 members (excludes halogenated alkanes) is 2. The SMILES string of the molecule is Cc1ncsc1-c1ccc(CNC(=O)[C@@H]2C[C@@H](O)CN2C(=O)[C@@H](NC(=O)CCCCCc2ccc(OC[C@H](CCC(N)=O)NC(=O)[C@@H]3Cc4cccc5c4N3C(=O)[C@@H](NC(=O)OC(C)(C)C)CC5)cc2)C(C)(C)C)cc1. The summed E-state index contributed by atoms with van der Waals surface area (Å²) in [6, 6.07) is 16.9. The molecular weight excluding hydrogens is 989 g/mol. The number of para-hydroxylation sites is 1. The maximum Gasteiger partial charge on any atom is 0.408 e. The van der Waals surface area contributed by atoms with Gasteiger partial charge in [0.15, 0.2) is 0 Å². The molecule has 4 heterocycles. The third kappa shape index (κ3) is 15.0. The van der Waals surface area contributed by atoms with Crippen molar-refractivity contribution in [2.24, 2.45) is 11.1 Å². The van der Waals surface area contributed by atoms with Gasteiger partial charge in [0.05, 0.1) is 33.9 Å². The fourth-order valence-electron chi connectivity index (χ4n) is 9.99. The number of carbonyl (C=O) groups excluding carboxylic acids is 7. The second-order valence-corrected chi connectivity index (χ2v) is 23.1. The summed E-state index contributed by atoms with van der Waals surface area (Å²) < 4.78 is 11.6. The molecule has 0 aliphatic carbocycles. The first-order chi connectivity index (χ1) is 36.0. The number of anilines is 1. The van der Waals surface area contributed by atoms with Crippen molar-refractivity contribution in [3.63, 3.8) is 0 Å². The Kier molecular flexibility index (Phi) is 18.6. The van der Waals surface area contributed by atoms with E-state index in [1.165, 1.54) is 9.80 Å². The number of nitrogens with one attached hydrogen (secondary N) is 4. The molecule has 0 unspecified atom stereocenters. The highest BCUT2D eigenvalue weighted by atomic mass is 32.1. The summed E-state index contributed by atoms with van der Waals surface area (Å²) in [5.41, 5.74) is 12.3. The molecule has 18 nitrogen and oxygen atoms in total. The zero-order valence-electron chi connectivity index (χ0n) is 44.7. The molecule has 0 saturated carbocycles. The van der Waals surface area contributed by atoms with E-state index in [0.717, 1.165) is 57.7 Å². The zero-order valence-corrected chi connectivity index (χ0v) is 45.6. The van der Waals surface area contributed by atoms with E-state index in [4.69, 9.17) is 15.2 Å². The number of nitrogens with zero attached hydrogens (tertiary/aromatic N) is 3. The molecule has 7 rings (SSSR count). The van der Waals surface area contributed by atoms with Gasteiger partial charge in [0, 0.05) is 38.8 Å². The largest absolute Gasteiger partial charge is 0.491 e. The summed E-state index contributed by atoms with van der Waals surface area (Å²) >= 11 is 1.57. The number of aliphatic hydroxyl groups is 1. The van der Waals surface area contributed by atoms with Crippen molar-refractivity contribution >= 4 is 58.6 Å². The lowest BCUT2D eigenvalue weighted by molar-refractivity contribution is -0.144. The van der Waals surface area contributed by atoms with Crippen molar-refractivity contribution in [3.05, 3.63) is 100 Å². The van der Waals surface area contributed by atoms with Crippen LogP contribution in [0.1, 0.15) is 121 Å². The van der Waals surface area contributed by atoms with E-state index >= 15 is 0 Å². The molecule has 1 aromatic heterocycles.